The number of carbonyl (C=O) groups is 2. The molecular weight excluding hydrogens is 380 g/mol. The van der Waals surface area contributed by atoms with Crippen molar-refractivity contribution in [2.24, 2.45) is 0 Å². The second kappa shape index (κ2) is 8.70. The first-order valence-corrected chi connectivity index (χ1v) is 10.5. The Bertz CT molecular complexity index is 978. The lowest BCUT2D eigenvalue weighted by molar-refractivity contribution is 0.0512. The summed E-state index contributed by atoms with van der Waals surface area (Å²) in [5.41, 5.74) is 1.82. The molecule has 0 radical (unpaired) electrons. The van der Waals surface area contributed by atoms with Crippen LogP contribution in [-0.2, 0) is 21.3 Å². The molecule has 152 valence electrons. The summed E-state index contributed by atoms with van der Waals surface area (Å²) < 4.78 is 33.2. The van der Waals surface area contributed by atoms with E-state index >= 15 is 0 Å². The van der Waals surface area contributed by atoms with Gasteiger partial charge in [-0.25, -0.2) is 13.2 Å². The van der Waals surface area contributed by atoms with E-state index in [1.807, 2.05) is 6.92 Å². The number of carbonyl (C=O) groups excluding carboxylic acids is 2. The molecule has 2 rings (SSSR count). The van der Waals surface area contributed by atoms with E-state index in [1.54, 1.807) is 43.5 Å². The van der Waals surface area contributed by atoms with E-state index in [0.717, 1.165) is 4.31 Å². The quantitative estimate of drug-likeness (QED) is 0.497. The summed E-state index contributed by atoms with van der Waals surface area (Å²) in [6, 6.07) is 7.95. The number of likely N-dealkylation sites (N-methyl/N-ethyl adjacent to an activating group) is 1. The molecule has 1 aromatic heterocycles. The Morgan fingerprint density at radius 1 is 1.11 bits per heavy atom. The number of esters is 1. The first kappa shape index (κ1) is 21.8. The molecule has 8 heteroatoms. The number of hydrogen-bond donors (Lipinski definition) is 0. The van der Waals surface area contributed by atoms with Crippen LogP contribution in [0.2, 0.25) is 0 Å². The molecule has 0 aliphatic rings. The molecule has 0 unspecified atom stereocenters. The Balaban J connectivity index is 2.38. The molecule has 0 bridgehead atoms. The summed E-state index contributed by atoms with van der Waals surface area (Å²) in [5, 5.41) is 0. The van der Waals surface area contributed by atoms with Gasteiger partial charge >= 0.3 is 5.97 Å². The van der Waals surface area contributed by atoms with Gasteiger partial charge in [-0.3, -0.25) is 4.79 Å². The van der Waals surface area contributed by atoms with Crippen LogP contribution in [0.4, 0.5) is 0 Å². The average Bonchev–Trinajstić information content (AvgIpc) is 2.92. The molecule has 1 aromatic carbocycles. The van der Waals surface area contributed by atoms with Crippen molar-refractivity contribution in [3.8, 4) is 0 Å². The minimum atomic E-state index is -3.79. The zero-order valence-corrected chi connectivity index (χ0v) is 17.7. The van der Waals surface area contributed by atoms with Crippen molar-refractivity contribution in [1.82, 2.24) is 8.87 Å². The molecule has 0 N–H and O–H groups in total. The largest absolute Gasteiger partial charge is 0.461 e. The van der Waals surface area contributed by atoms with Crippen LogP contribution in [0, 0.1) is 13.8 Å². The second-order valence-electron chi connectivity index (χ2n) is 6.40. The molecule has 0 aliphatic heterocycles. The van der Waals surface area contributed by atoms with Crippen LogP contribution in [0.25, 0.3) is 0 Å². The third-order valence-corrected chi connectivity index (χ3v) is 6.47. The predicted molar refractivity (Wildman–Crippen MR) is 106 cm³/mol. The fourth-order valence-electron chi connectivity index (χ4n) is 3.30. The zero-order chi connectivity index (χ0) is 21.1. The molecule has 28 heavy (non-hydrogen) atoms. The molecular formula is C20H26N2O5S. The third kappa shape index (κ3) is 4.02. The van der Waals surface area contributed by atoms with Gasteiger partial charge in [-0.15, -0.1) is 0 Å². The van der Waals surface area contributed by atoms with Crippen molar-refractivity contribution >= 4 is 21.8 Å². The van der Waals surface area contributed by atoms with Gasteiger partial charge in [0.2, 0.25) is 10.0 Å². The van der Waals surface area contributed by atoms with Gasteiger partial charge in [0, 0.05) is 24.8 Å². The monoisotopic (exact) mass is 406 g/mol. The number of aromatic nitrogens is 1. The molecule has 0 saturated heterocycles. The Morgan fingerprint density at radius 3 is 2.25 bits per heavy atom. The van der Waals surface area contributed by atoms with Gasteiger partial charge in [-0.05, 0) is 45.4 Å². The van der Waals surface area contributed by atoms with Gasteiger partial charge in [0.1, 0.15) is 5.69 Å². The zero-order valence-electron chi connectivity index (χ0n) is 16.9. The lowest BCUT2D eigenvalue weighted by Crippen LogP contribution is -2.32. The molecule has 0 saturated carbocycles. The maximum absolute atomic E-state index is 13.0. The van der Waals surface area contributed by atoms with Gasteiger partial charge < -0.3 is 9.30 Å². The minimum absolute atomic E-state index is 0.122. The van der Waals surface area contributed by atoms with Gasteiger partial charge in [0.05, 0.1) is 18.0 Å². The number of ketones is 1. The highest BCUT2D eigenvalue weighted by Gasteiger charge is 2.29. The van der Waals surface area contributed by atoms with Gasteiger partial charge in [-0.2, -0.15) is 4.31 Å². The number of sulfonamides is 1. The predicted octanol–water partition coefficient (Wildman–Crippen LogP) is 2.80. The number of nitrogens with zero attached hydrogens (tertiary/aromatic N) is 2. The maximum atomic E-state index is 13.0. The number of Topliss-reactive ketones (excluding diaryl/α,β-unsaturated/α-hetero) is 1. The number of rotatable bonds is 8. The Hall–Kier alpha value is -2.45. The van der Waals surface area contributed by atoms with E-state index in [4.69, 9.17) is 4.74 Å². The SMILES string of the molecule is CCOC(=O)c1c(C)c(C(=O)CN(C)S(=O)(=O)c2ccccc2)c(C)n1CC. The highest BCUT2D eigenvalue weighted by molar-refractivity contribution is 7.89. The highest BCUT2D eigenvalue weighted by Crippen LogP contribution is 2.25. The molecule has 2 aromatic rings. The van der Waals surface area contributed by atoms with Crippen molar-refractivity contribution in [3.05, 3.63) is 52.8 Å². The summed E-state index contributed by atoms with van der Waals surface area (Å²) >= 11 is 0. The summed E-state index contributed by atoms with van der Waals surface area (Å²) in [7, 11) is -2.42. The van der Waals surface area contributed by atoms with Gasteiger partial charge in [-0.1, -0.05) is 18.2 Å². The summed E-state index contributed by atoms with van der Waals surface area (Å²) in [6.45, 7) is 7.42. The fourth-order valence-corrected chi connectivity index (χ4v) is 4.45. The van der Waals surface area contributed by atoms with Crippen LogP contribution in [-0.4, -0.2) is 49.2 Å². The van der Waals surface area contributed by atoms with Crippen LogP contribution in [0.1, 0.15) is 46.0 Å². The first-order chi connectivity index (χ1) is 13.2. The van der Waals surface area contributed by atoms with Crippen LogP contribution < -0.4 is 0 Å². The second-order valence-corrected chi connectivity index (χ2v) is 8.44. The smallest absolute Gasteiger partial charge is 0.355 e. The third-order valence-electron chi connectivity index (χ3n) is 4.65. The lowest BCUT2D eigenvalue weighted by atomic mass is 10.1. The van der Waals surface area contributed by atoms with Crippen molar-refractivity contribution in [2.75, 3.05) is 20.2 Å². The lowest BCUT2D eigenvalue weighted by Gasteiger charge is -2.16. The van der Waals surface area contributed by atoms with Crippen molar-refractivity contribution in [2.45, 2.75) is 39.1 Å². The molecule has 0 atom stereocenters. The molecule has 0 fully saturated rings. The van der Waals surface area contributed by atoms with Crippen LogP contribution in [0.5, 0.6) is 0 Å². The van der Waals surface area contributed by atoms with Crippen molar-refractivity contribution in [1.29, 1.82) is 0 Å². The maximum Gasteiger partial charge on any atom is 0.355 e. The van der Waals surface area contributed by atoms with Crippen LogP contribution in [0.3, 0.4) is 0 Å². The van der Waals surface area contributed by atoms with Crippen molar-refractivity contribution < 1.29 is 22.7 Å². The first-order valence-electron chi connectivity index (χ1n) is 9.08. The van der Waals surface area contributed by atoms with E-state index in [-0.39, 0.29) is 23.8 Å². The molecule has 0 aliphatic carbocycles. The number of ether oxygens (including phenoxy) is 1. The van der Waals surface area contributed by atoms with Crippen LogP contribution in [0.15, 0.2) is 35.2 Å². The molecule has 0 amide bonds. The highest BCUT2D eigenvalue weighted by atomic mass is 32.2. The number of hydrogen-bond acceptors (Lipinski definition) is 5. The summed E-state index contributed by atoms with van der Waals surface area (Å²) in [4.78, 5) is 25.4. The summed E-state index contributed by atoms with van der Waals surface area (Å²) in [5.74, 6) is -0.857. The molecule has 0 spiro atoms. The van der Waals surface area contributed by atoms with E-state index in [0.29, 0.717) is 29.1 Å². The van der Waals surface area contributed by atoms with Gasteiger partial charge in [0.25, 0.3) is 0 Å². The Labute approximate surface area is 166 Å². The summed E-state index contributed by atoms with van der Waals surface area (Å²) in [6.07, 6.45) is 0. The Kier molecular flexibility index (Phi) is 6.79. The van der Waals surface area contributed by atoms with E-state index in [9.17, 15) is 18.0 Å². The van der Waals surface area contributed by atoms with Crippen molar-refractivity contribution in [3.63, 3.8) is 0 Å². The van der Waals surface area contributed by atoms with Crippen LogP contribution >= 0.6 is 0 Å². The standard InChI is InChI=1S/C20H26N2O5S/c1-6-22-15(4)18(14(3)19(22)20(24)27-7-2)17(23)13-21(5)28(25,26)16-11-9-8-10-12-16/h8-12H,6-7,13H2,1-5H3. The van der Waals surface area contributed by atoms with E-state index in [1.165, 1.54) is 19.2 Å². The number of benzene rings is 1. The average molecular weight is 407 g/mol. The molecule has 1 heterocycles. The topological polar surface area (TPSA) is 85.7 Å². The van der Waals surface area contributed by atoms with Gasteiger partial charge in [0.15, 0.2) is 5.78 Å². The van der Waals surface area contributed by atoms with E-state index in [2.05, 4.69) is 0 Å². The van der Waals surface area contributed by atoms with E-state index < -0.39 is 16.0 Å². The fraction of sp³-hybridized carbons (Fsp3) is 0.400. The minimum Gasteiger partial charge on any atom is -0.461 e. The normalized spacial score (nSPS) is 11.6. The Morgan fingerprint density at radius 2 is 1.71 bits per heavy atom. The molecule has 7 nitrogen and oxygen atoms in total.